The molecule has 100 valence electrons. The zero-order chi connectivity index (χ0) is 14.0. The molecule has 2 rings (SSSR count). The fourth-order valence-corrected chi connectivity index (χ4v) is 2.66. The van der Waals surface area contributed by atoms with Crippen LogP contribution in [0.4, 0.5) is 4.39 Å². The molecule has 5 heteroatoms. The molecule has 1 nitrogen and oxygen atoms in total. The van der Waals surface area contributed by atoms with Gasteiger partial charge in [0.25, 0.3) is 0 Å². The minimum Gasteiger partial charge on any atom is -0.320 e. The maximum atomic E-state index is 13.9. The zero-order valence-electron chi connectivity index (χ0n) is 10.2. The van der Waals surface area contributed by atoms with Crippen LogP contribution in [0.5, 0.6) is 0 Å². The summed E-state index contributed by atoms with van der Waals surface area (Å²) in [5.41, 5.74) is 7.36. The highest BCUT2D eigenvalue weighted by molar-refractivity contribution is 9.10. The molecular formula is C14H12BrClFNS. The van der Waals surface area contributed by atoms with E-state index in [4.69, 9.17) is 17.3 Å². The third kappa shape index (κ3) is 3.31. The van der Waals surface area contributed by atoms with Gasteiger partial charge in [-0.2, -0.15) is 0 Å². The summed E-state index contributed by atoms with van der Waals surface area (Å²) in [5.74, 6) is -0.363. The van der Waals surface area contributed by atoms with Crippen LogP contribution in [0.3, 0.4) is 0 Å². The van der Waals surface area contributed by atoms with E-state index in [0.29, 0.717) is 15.1 Å². The van der Waals surface area contributed by atoms with Gasteiger partial charge in [0.2, 0.25) is 0 Å². The summed E-state index contributed by atoms with van der Waals surface area (Å²) in [6.45, 7) is 0. The molecule has 1 atom stereocenters. The lowest BCUT2D eigenvalue weighted by atomic mass is 9.99. The zero-order valence-corrected chi connectivity index (χ0v) is 13.3. The van der Waals surface area contributed by atoms with Crippen molar-refractivity contribution in [1.29, 1.82) is 0 Å². The second-order valence-electron chi connectivity index (χ2n) is 4.04. The van der Waals surface area contributed by atoms with Crippen LogP contribution >= 0.6 is 39.3 Å². The van der Waals surface area contributed by atoms with E-state index in [1.54, 1.807) is 17.8 Å². The number of halogens is 3. The van der Waals surface area contributed by atoms with Gasteiger partial charge in [0.05, 0.1) is 11.1 Å². The number of benzene rings is 2. The number of thioether (sulfide) groups is 1. The molecule has 0 aromatic heterocycles. The second kappa shape index (κ2) is 6.27. The Morgan fingerprint density at radius 3 is 2.47 bits per heavy atom. The minimum absolute atomic E-state index is 0.363. The molecule has 0 bridgehead atoms. The summed E-state index contributed by atoms with van der Waals surface area (Å²) < 4.78 is 14.5. The normalized spacial score (nSPS) is 12.5. The van der Waals surface area contributed by atoms with Crippen molar-refractivity contribution in [2.24, 2.45) is 5.73 Å². The molecule has 2 N–H and O–H groups in total. The molecule has 0 aliphatic carbocycles. The highest BCUT2D eigenvalue weighted by Gasteiger charge is 2.15. The molecular weight excluding hydrogens is 349 g/mol. The van der Waals surface area contributed by atoms with E-state index in [9.17, 15) is 4.39 Å². The topological polar surface area (TPSA) is 26.0 Å². The summed E-state index contributed by atoms with van der Waals surface area (Å²) in [6.07, 6.45) is 2.00. The maximum absolute atomic E-state index is 13.9. The first kappa shape index (κ1) is 14.9. The molecule has 2 aromatic rings. The lowest BCUT2D eigenvalue weighted by Gasteiger charge is -2.15. The van der Waals surface area contributed by atoms with Gasteiger partial charge in [0.1, 0.15) is 5.82 Å². The van der Waals surface area contributed by atoms with Gasteiger partial charge in [0.15, 0.2) is 0 Å². The predicted octanol–water partition coefficient (Wildman–Crippen LogP) is 5.01. The standard InChI is InChI=1S/C14H12BrClFNS/c1-19-9-4-2-8(3-5-9)14(18)10-6-12(16)11(15)7-13(10)17/h2-7,14H,18H2,1H3. The fourth-order valence-electron chi connectivity index (χ4n) is 1.77. The molecule has 0 radical (unpaired) electrons. The van der Waals surface area contributed by atoms with Crippen LogP contribution in [-0.4, -0.2) is 6.26 Å². The van der Waals surface area contributed by atoms with Crippen molar-refractivity contribution in [1.82, 2.24) is 0 Å². The largest absolute Gasteiger partial charge is 0.320 e. The highest BCUT2D eigenvalue weighted by atomic mass is 79.9. The van der Waals surface area contributed by atoms with E-state index in [1.165, 1.54) is 6.07 Å². The highest BCUT2D eigenvalue weighted by Crippen LogP contribution is 2.31. The van der Waals surface area contributed by atoms with Crippen LogP contribution in [0.1, 0.15) is 17.2 Å². The molecule has 1 unspecified atom stereocenters. The minimum atomic E-state index is -0.526. The number of rotatable bonds is 3. The van der Waals surface area contributed by atoms with E-state index >= 15 is 0 Å². The molecule has 19 heavy (non-hydrogen) atoms. The lowest BCUT2D eigenvalue weighted by molar-refractivity contribution is 0.599. The van der Waals surface area contributed by atoms with Crippen molar-refractivity contribution < 1.29 is 4.39 Å². The average molecular weight is 361 g/mol. The van der Waals surface area contributed by atoms with Gasteiger partial charge in [-0.15, -0.1) is 11.8 Å². The van der Waals surface area contributed by atoms with E-state index in [1.807, 2.05) is 30.5 Å². The van der Waals surface area contributed by atoms with Crippen LogP contribution in [0.2, 0.25) is 5.02 Å². The Morgan fingerprint density at radius 2 is 1.89 bits per heavy atom. The van der Waals surface area contributed by atoms with Crippen LogP contribution < -0.4 is 5.73 Å². The third-order valence-electron chi connectivity index (χ3n) is 2.85. The fraction of sp³-hybridized carbons (Fsp3) is 0.143. The van der Waals surface area contributed by atoms with Crippen molar-refractivity contribution in [2.45, 2.75) is 10.9 Å². The first-order valence-corrected chi connectivity index (χ1v) is 7.96. The summed E-state index contributed by atoms with van der Waals surface area (Å²) in [5, 5.41) is 0.451. The number of nitrogens with two attached hydrogens (primary N) is 1. The van der Waals surface area contributed by atoms with E-state index in [2.05, 4.69) is 15.9 Å². The SMILES string of the molecule is CSc1ccc(C(N)c2cc(Cl)c(Br)cc2F)cc1. The molecule has 0 saturated carbocycles. The van der Waals surface area contributed by atoms with Gasteiger partial charge in [-0.05, 0) is 52.0 Å². The second-order valence-corrected chi connectivity index (χ2v) is 6.18. The monoisotopic (exact) mass is 359 g/mol. The van der Waals surface area contributed by atoms with Crippen LogP contribution in [-0.2, 0) is 0 Å². The molecule has 0 saturated heterocycles. The molecule has 0 heterocycles. The van der Waals surface area contributed by atoms with Gasteiger partial charge < -0.3 is 5.73 Å². The third-order valence-corrected chi connectivity index (χ3v) is 4.79. The Morgan fingerprint density at radius 1 is 1.26 bits per heavy atom. The summed E-state index contributed by atoms with van der Waals surface area (Å²) >= 11 is 10.8. The molecule has 0 aliphatic heterocycles. The smallest absolute Gasteiger partial charge is 0.129 e. The van der Waals surface area contributed by atoms with Gasteiger partial charge in [-0.3, -0.25) is 0 Å². The Bertz CT molecular complexity index is 589. The summed E-state index contributed by atoms with van der Waals surface area (Å²) in [6, 6.07) is 10.1. The van der Waals surface area contributed by atoms with E-state index in [0.717, 1.165) is 10.5 Å². The molecule has 0 fully saturated rings. The van der Waals surface area contributed by atoms with Crippen molar-refractivity contribution in [3.63, 3.8) is 0 Å². The van der Waals surface area contributed by atoms with Gasteiger partial charge in [-0.25, -0.2) is 4.39 Å². The van der Waals surface area contributed by atoms with Crippen LogP contribution in [0, 0.1) is 5.82 Å². The number of hydrogen-bond acceptors (Lipinski definition) is 2. The first-order chi connectivity index (χ1) is 9.02. The van der Waals surface area contributed by atoms with Crippen molar-refractivity contribution in [3.05, 3.63) is 62.8 Å². The van der Waals surface area contributed by atoms with Crippen LogP contribution in [0.25, 0.3) is 0 Å². The molecule has 0 aliphatic rings. The van der Waals surface area contributed by atoms with Gasteiger partial charge in [-0.1, -0.05) is 23.7 Å². The van der Waals surface area contributed by atoms with E-state index in [-0.39, 0.29) is 5.82 Å². The van der Waals surface area contributed by atoms with Crippen molar-refractivity contribution in [2.75, 3.05) is 6.26 Å². The van der Waals surface area contributed by atoms with E-state index < -0.39 is 6.04 Å². The van der Waals surface area contributed by atoms with Crippen molar-refractivity contribution >= 4 is 39.3 Å². The quantitative estimate of drug-likeness (QED) is 0.615. The first-order valence-electron chi connectivity index (χ1n) is 5.57. The molecule has 2 aromatic carbocycles. The number of hydrogen-bond donors (Lipinski definition) is 1. The molecule has 0 spiro atoms. The Labute approximate surface area is 129 Å². The van der Waals surface area contributed by atoms with Crippen LogP contribution in [0.15, 0.2) is 45.8 Å². The average Bonchev–Trinajstić information content (AvgIpc) is 2.42. The Balaban J connectivity index is 2.37. The van der Waals surface area contributed by atoms with Gasteiger partial charge >= 0.3 is 0 Å². The summed E-state index contributed by atoms with van der Waals surface area (Å²) in [4.78, 5) is 1.14. The predicted molar refractivity (Wildman–Crippen MR) is 83.4 cm³/mol. The van der Waals surface area contributed by atoms with Gasteiger partial charge in [0, 0.05) is 14.9 Å². The van der Waals surface area contributed by atoms with Crippen molar-refractivity contribution in [3.8, 4) is 0 Å². The Kier molecular flexibility index (Phi) is 4.90. The Hall–Kier alpha value is -0.550. The summed E-state index contributed by atoms with van der Waals surface area (Å²) in [7, 11) is 0. The molecule has 0 amide bonds. The lowest BCUT2D eigenvalue weighted by Crippen LogP contribution is -2.13. The maximum Gasteiger partial charge on any atom is 0.129 e.